The van der Waals surface area contributed by atoms with Crippen molar-refractivity contribution in [3.8, 4) is 0 Å². The smallest absolute Gasteiger partial charge is 0.148 e. The third kappa shape index (κ3) is 2.75. The minimum Gasteiger partial charge on any atom is -0.384 e. The average Bonchev–Trinajstić information content (AvgIpc) is 3.15. The van der Waals surface area contributed by atoms with Crippen LogP contribution in [0.1, 0.15) is 38.2 Å². The van der Waals surface area contributed by atoms with E-state index in [2.05, 4.69) is 16.8 Å². The van der Waals surface area contributed by atoms with Gasteiger partial charge >= 0.3 is 0 Å². The number of hydrogen-bond acceptors (Lipinski definition) is 3. The number of anilines is 1. The van der Waals surface area contributed by atoms with Gasteiger partial charge < -0.3 is 10.6 Å². The number of unbranched alkanes of at least 4 members (excludes halogenated alkanes) is 1. The molecule has 0 radical (unpaired) electrons. The summed E-state index contributed by atoms with van der Waals surface area (Å²) in [5, 5.41) is 8.03. The van der Waals surface area contributed by atoms with E-state index in [9.17, 15) is 0 Å². The number of nitrogens with two attached hydrogens (primary N) is 1. The van der Waals surface area contributed by atoms with Crippen LogP contribution in [0, 0.1) is 5.41 Å². The molecular weight excluding hydrogens is 248 g/mol. The highest BCUT2D eigenvalue weighted by Gasteiger charge is 2.31. The largest absolute Gasteiger partial charge is 0.384 e. The van der Waals surface area contributed by atoms with Crippen LogP contribution in [0.15, 0.2) is 12.3 Å². The molecule has 0 atom stereocenters. The Bertz CT molecular complexity index is 443. The molecule has 1 saturated carbocycles. The molecule has 0 aliphatic heterocycles. The molecular formula is C13H19ClN4. The predicted octanol–water partition coefficient (Wildman–Crippen LogP) is 2.79. The Kier molecular flexibility index (Phi) is 4.07. The molecule has 98 valence electrons. The Balaban J connectivity index is 2.29. The summed E-state index contributed by atoms with van der Waals surface area (Å²) in [5.41, 5.74) is 6.10. The molecule has 1 aromatic heterocycles. The molecule has 1 aliphatic rings. The Morgan fingerprint density at radius 2 is 2.33 bits per heavy atom. The average molecular weight is 267 g/mol. The van der Waals surface area contributed by atoms with E-state index < -0.39 is 0 Å². The third-order valence-corrected chi connectivity index (χ3v) is 3.55. The van der Waals surface area contributed by atoms with Crippen LogP contribution in [0.25, 0.3) is 0 Å². The van der Waals surface area contributed by atoms with Crippen LogP contribution < -0.4 is 10.6 Å². The maximum atomic E-state index is 7.52. The van der Waals surface area contributed by atoms with Gasteiger partial charge in [0.15, 0.2) is 0 Å². The van der Waals surface area contributed by atoms with Crippen LogP contribution in [0.3, 0.4) is 0 Å². The molecule has 1 aromatic rings. The van der Waals surface area contributed by atoms with Gasteiger partial charge in [0.25, 0.3) is 0 Å². The lowest BCUT2D eigenvalue weighted by Gasteiger charge is -2.25. The second kappa shape index (κ2) is 5.57. The summed E-state index contributed by atoms with van der Waals surface area (Å²) >= 11 is 6.32. The zero-order valence-corrected chi connectivity index (χ0v) is 11.4. The van der Waals surface area contributed by atoms with Gasteiger partial charge in [-0.3, -0.25) is 5.41 Å². The van der Waals surface area contributed by atoms with Crippen LogP contribution in [0.2, 0.25) is 5.02 Å². The van der Waals surface area contributed by atoms with Gasteiger partial charge in [-0.25, -0.2) is 4.98 Å². The zero-order valence-electron chi connectivity index (χ0n) is 10.6. The van der Waals surface area contributed by atoms with Crippen molar-refractivity contribution in [3.05, 3.63) is 22.8 Å². The molecule has 0 bridgehead atoms. The minimum atomic E-state index is -0.00473. The minimum absolute atomic E-state index is 0.00473. The van der Waals surface area contributed by atoms with E-state index in [1.54, 1.807) is 12.3 Å². The van der Waals surface area contributed by atoms with E-state index in [1.807, 2.05) is 0 Å². The van der Waals surface area contributed by atoms with Crippen molar-refractivity contribution in [3.63, 3.8) is 0 Å². The first-order valence-corrected chi connectivity index (χ1v) is 6.78. The fourth-order valence-electron chi connectivity index (χ4n) is 2.02. The number of rotatable bonds is 6. The molecule has 5 heteroatoms. The van der Waals surface area contributed by atoms with E-state index in [-0.39, 0.29) is 5.84 Å². The van der Waals surface area contributed by atoms with Crippen LogP contribution >= 0.6 is 11.6 Å². The van der Waals surface area contributed by atoms with Crippen molar-refractivity contribution in [2.75, 3.05) is 11.4 Å². The molecule has 1 fully saturated rings. The fourth-order valence-corrected chi connectivity index (χ4v) is 2.34. The zero-order chi connectivity index (χ0) is 13.1. The quantitative estimate of drug-likeness (QED) is 0.615. The molecule has 1 heterocycles. The second-order valence-corrected chi connectivity index (χ2v) is 5.07. The Hall–Kier alpha value is -1.29. The van der Waals surface area contributed by atoms with Crippen molar-refractivity contribution in [1.82, 2.24) is 4.98 Å². The molecule has 0 spiro atoms. The molecule has 0 aromatic carbocycles. The van der Waals surface area contributed by atoms with E-state index in [0.717, 1.165) is 25.2 Å². The van der Waals surface area contributed by atoms with Crippen LogP contribution in [-0.2, 0) is 0 Å². The summed E-state index contributed by atoms with van der Waals surface area (Å²) in [6.45, 7) is 3.14. The lowest BCUT2D eigenvalue weighted by Crippen LogP contribution is -2.28. The van der Waals surface area contributed by atoms with Gasteiger partial charge in [-0.1, -0.05) is 24.9 Å². The maximum Gasteiger partial charge on any atom is 0.148 e. The Labute approximate surface area is 113 Å². The highest BCUT2D eigenvalue weighted by molar-refractivity contribution is 6.36. The summed E-state index contributed by atoms with van der Waals surface area (Å²) in [6.07, 6.45) is 6.35. The highest BCUT2D eigenvalue weighted by Crippen LogP contribution is 2.35. The number of hydrogen-bond donors (Lipinski definition) is 2. The van der Waals surface area contributed by atoms with Crippen LogP contribution in [0.5, 0.6) is 0 Å². The molecule has 4 nitrogen and oxygen atoms in total. The number of pyridine rings is 1. The van der Waals surface area contributed by atoms with Crippen LogP contribution in [0.4, 0.5) is 5.82 Å². The monoisotopic (exact) mass is 266 g/mol. The van der Waals surface area contributed by atoms with Gasteiger partial charge in [0.2, 0.25) is 0 Å². The summed E-state index contributed by atoms with van der Waals surface area (Å²) in [7, 11) is 0. The summed E-state index contributed by atoms with van der Waals surface area (Å²) in [5.74, 6) is 0.773. The number of nitrogens with one attached hydrogen (secondary N) is 1. The number of amidine groups is 1. The molecule has 3 N–H and O–H groups in total. The molecule has 2 rings (SSSR count). The van der Waals surface area contributed by atoms with E-state index in [0.29, 0.717) is 16.6 Å². The van der Waals surface area contributed by atoms with Crippen molar-refractivity contribution >= 4 is 23.3 Å². The first kappa shape index (κ1) is 13.1. The van der Waals surface area contributed by atoms with Gasteiger partial charge in [-0.05, 0) is 25.3 Å². The SMILES string of the molecule is CCCCN(c1nccc(C(=N)N)c1Cl)C1CC1. The maximum absolute atomic E-state index is 7.52. The van der Waals surface area contributed by atoms with Crippen LogP contribution in [-0.4, -0.2) is 23.4 Å². The number of aromatic nitrogens is 1. The lowest BCUT2D eigenvalue weighted by molar-refractivity contribution is 0.705. The third-order valence-electron chi connectivity index (χ3n) is 3.17. The van der Waals surface area contributed by atoms with Crippen molar-refractivity contribution in [2.24, 2.45) is 5.73 Å². The first-order valence-electron chi connectivity index (χ1n) is 6.40. The van der Waals surface area contributed by atoms with Gasteiger partial charge in [0.05, 0.1) is 5.02 Å². The fraction of sp³-hybridized carbons (Fsp3) is 0.538. The van der Waals surface area contributed by atoms with Crippen molar-refractivity contribution in [2.45, 2.75) is 38.6 Å². The Morgan fingerprint density at radius 1 is 1.61 bits per heavy atom. The molecule has 0 unspecified atom stereocenters. The van der Waals surface area contributed by atoms with Gasteiger partial charge in [0.1, 0.15) is 11.7 Å². The van der Waals surface area contributed by atoms with Crippen molar-refractivity contribution < 1.29 is 0 Å². The van der Waals surface area contributed by atoms with E-state index in [4.69, 9.17) is 22.7 Å². The standard InChI is InChI=1S/C13H19ClN4/c1-2-3-8-18(9-4-5-9)13-11(14)10(12(15)16)6-7-17-13/h6-7,9H,2-5,8H2,1H3,(H3,15,16). The van der Waals surface area contributed by atoms with Gasteiger partial charge in [-0.2, -0.15) is 0 Å². The highest BCUT2D eigenvalue weighted by atomic mass is 35.5. The topological polar surface area (TPSA) is 66.0 Å². The predicted molar refractivity (Wildman–Crippen MR) is 75.5 cm³/mol. The van der Waals surface area contributed by atoms with E-state index >= 15 is 0 Å². The molecule has 0 saturated heterocycles. The van der Waals surface area contributed by atoms with Gasteiger partial charge in [0, 0.05) is 24.3 Å². The molecule has 1 aliphatic carbocycles. The lowest BCUT2D eigenvalue weighted by atomic mass is 10.2. The number of nitrogen functional groups attached to an aromatic ring is 1. The van der Waals surface area contributed by atoms with E-state index in [1.165, 1.54) is 12.8 Å². The molecule has 18 heavy (non-hydrogen) atoms. The number of halogens is 1. The normalized spacial score (nSPS) is 14.6. The number of nitrogens with zero attached hydrogens (tertiary/aromatic N) is 2. The Morgan fingerprint density at radius 3 is 2.89 bits per heavy atom. The summed E-state index contributed by atoms with van der Waals surface area (Å²) in [6, 6.07) is 2.25. The first-order chi connectivity index (χ1) is 8.65. The summed E-state index contributed by atoms with van der Waals surface area (Å²) in [4.78, 5) is 6.64. The molecule has 0 amide bonds. The van der Waals surface area contributed by atoms with Crippen molar-refractivity contribution in [1.29, 1.82) is 5.41 Å². The van der Waals surface area contributed by atoms with Gasteiger partial charge in [-0.15, -0.1) is 0 Å². The summed E-state index contributed by atoms with van der Waals surface area (Å²) < 4.78 is 0. The second-order valence-electron chi connectivity index (χ2n) is 4.69.